The lowest BCUT2D eigenvalue weighted by atomic mass is 10.2. The molecular formula is C21H18N2O2S. The summed E-state index contributed by atoms with van der Waals surface area (Å²) in [6.07, 6.45) is 2.06. The summed E-state index contributed by atoms with van der Waals surface area (Å²) in [5, 5.41) is 13.3. The zero-order chi connectivity index (χ0) is 18.1. The maximum atomic E-state index is 11.3. The van der Waals surface area contributed by atoms with Crippen molar-refractivity contribution in [3.05, 3.63) is 71.4 Å². The molecular weight excluding hydrogens is 344 g/mol. The molecule has 2 aromatic carbocycles. The van der Waals surface area contributed by atoms with E-state index in [2.05, 4.69) is 41.8 Å². The van der Waals surface area contributed by atoms with Gasteiger partial charge < -0.3 is 14.8 Å². The Morgan fingerprint density at radius 1 is 1.12 bits per heavy atom. The standard InChI is InChI=1S/C21H18N2O2S/c1-2-22-16(12-11-15-7-3-4-8-17(15)22)13-20-23(14-21(24)25)18-9-5-6-10-19(18)26-20/h3-13H,2,14H2,1H3. The molecule has 0 atom stereocenters. The first-order valence-electron chi connectivity index (χ1n) is 8.55. The SMILES string of the molecule is CC[n+]1c(C=C2Sc3ccccc3N2CC(=O)[O-])ccc2ccccc21. The normalized spacial score (nSPS) is 14.8. The lowest BCUT2D eigenvalue weighted by Gasteiger charge is -2.20. The Labute approximate surface area is 156 Å². The number of hydrogen-bond acceptors (Lipinski definition) is 4. The monoisotopic (exact) mass is 362 g/mol. The molecule has 2 heterocycles. The molecule has 0 bridgehead atoms. The zero-order valence-corrected chi connectivity index (χ0v) is 15.2. The third-order valence-electron chi connectivity index (χ3n) is 4.48. The van der Waals surface area contributed by atoms with Crippen molar-refractivity contribution in [3.8, 4) is 0 Å². The number of nitrogens with zero attached hydrogens (tertiary/aromatic N) is 2. The van der Waals surface area contributed by atoms with Gasteiger partial charge in [-0.3, -0.25) is 0 Å². The maximum Gasteiger partial charge on any atom is 0.212 e. The first-order chi connectivity index (χ1) is 12.7. The quantitative estimate of drug-likeness (QED) is 0.670. The maximum absolute atomic E-state index is 11.3. The summed E-state index contributed by atoms with van der Waals surface area (Å²) in [5.74, 6) is -1.09. The second-order valence-corrected chi connectivity index (χ2v) is 7.13. The molecule has 0 unspecified atom stereocenters. The van der Waals surface area contributed by atoms with Gasteiger partial charge in [0.05, 0.1) is 23.2 Å². The highest BCUT2D eigenvalue weighted by Crippen LogP contribution is 2.46. The number of aliphatic carboxylic acids is 1. The van der Waals surface area contributed by atoms with Gasteiger partial charge in [-0.05, 0) is 31.2 Å². The van der Waals surface area contributed by atoms with E-state index in [0.29, 0.717) is 0 Å². The summed E-state index contributed by atoms with van der Waals surface area (Å²) in [6.45, 7) is 2.79. The summed E-state index contributed by atoms with van der Waals surface area (Å²) in [6, 6.07) is 20.3. The molecule has 5 heteroatoms. The van der Waals surface area contributed by atoms with E-state index in [9.17, 15) is 9.90 Å². The van der Waals surface area contributed by atoms with Gasteiger partial charge in [0.2, 0.25) is 11.2 Å². The average Bonchev–Trinajstić information content (AvgIpc) is 2.98. The Balaban J connectivity index is 1.83. The third kappa shape index (κ3) is 2.95. The molecule has 26 heavy (non-hydrogen) atoms. The van der Waals surface area contributed by atoms with Gasteiger partial charge in [0.15, 0.2) is 0 Å². The molecule has 4 nitrogen and oxygen atoms in total. The van der Waals surface area contributed by atoms with Crippen LogP contribution in [0.3, 0.4) is 0 Å². The Hall–Kier alpha value is -2.79. The molecule has 4 rings (SSSR count). The first kappa shape index (κ1) is 16.7. The lowest BCUT2D eigenvalue weighted by Crippen LogP contribution is -2.38. The molecule has 0 amide bonds. The van der Waals surface area contributed by atoms with Crippen LogP contribution in [0.5, 0.6) is 0 Å². The first-order valence-corrected chi connectivity index (χ1v) is 9.36. The summed E-state index contributed by atoms with van der Waals surface area (Å²) < 4.78 is 2.24. The number of benzene rings is 2. The van der Waals surface area contributed by atoms with Gasteiger partial charge >= 0.3 is 0 Å². The number of para-hydroxylation sites is 2. The van der Waals surface area contributed by atoms with E-state index in [4.69, 9.17) is 0 Å². The van der Waals surface area contributed by atoms with Crippen molar-refractivity contribution in [2.45, 2.75) is 18.4 Å². The molecule has 0 saturated heterocycles. The van der Waals surface area contributed by atoms with Crippen molar-refractivity contribution in [2.24, 2.45) is 0 Å². The minimum Gasteiger partial charge on any atom is -0.548 e. The van der Waals surface area contributed by atoms with Crippen LogP contribution in [0, 0.1) is 0 Å². The van der Waals surface area contributed by atoms with Crippen LogP contribution in [-0.2, 0) is 11.3 Å². The number of rotatable bonds is 4. The van der Waals surface area contributed by atoms with Crippen LogP contribution in [0.4, 0.5) is 5.69 Å². The number of carbonyl (C=O) groups is 1. The highest BCUT2D eigenvalue weighted by molar-refractivity contribution is 8.03. The van der Waals surface area contributed by atoms with Crippen molar-refractivity contribution < 1.29 is 14.5 Å². The number of aryl methyl sites for hydroxylation is 1. The number of carboxylic acids is 1. The van der Waals surface area contributed by atoms with Crippen LogP contribution >= 0.6 is 11.8 Å². The topological polar surface area (TPSA) is 47.2 Å². The summed E-state index contributed by atoms with van der Waals surface area (Å²) >= 11 is 1.59. The van der Waals surface area contributed by atoms with Crippen LogP contribution in [0.2, 0.25) is 0 Å². The minimum atomic E-state index is -1.09. The Morgan fingerprint density at radius 3 is 2.69 bits per heavy atom. The number of pyridine rings is 1. The largest absolute Gasteiger partial charge is 0.548 e. The van der Waals surface area contributed by atoms with E-state index in [1.54, 1.807) is 11.8 Å². The van der Waals surface area contributed by atoms with Gasteiger partial charge in [0, 0.05) is 28.5 Å². The molecule has 1 aliphatic heterocycles. The van der Waals surface area contributed by atoms with Gasteiger partial charge in [-0.25, -0.2) is 0 Å². The number of fused-ring (bicyclic) bond motifs is 2. The number of aromatic nitrogens is 1. The second-order valence-electron chi connectivity index (χ2n) is 6.07. The van der Waals surface area contributed by atoms with Crippen molar-refractivity contribution >= 4 is 40.4 Å². The fourth-order valence-electron chi connectivity index (χ4n) is 3.34. The third-order valence-corrected chi connectivity index (χ3v) is 5.60. The molecule has 3 aromatic rings. The van der Waals surface area contributed by atoms with Crippen molar-refractivity contribution in [1.82, 2.24) is 0 Å². The Bertz CT molecular complexity index is 1030. The van der Waals surface area contributed by atoms with Crippen LogP contribution in [-0.4, -0.2) is 12.5 Å². The van der Waals surface area contributed by atoms with Crippen LogP contribution in [0.25, 0.3) is 17.0 Å². The van der Waals surface area contributed by atoms with Gasteiger partial charge in [-0.1, -0.05) is 36.0 Å². The molecule has 0 spiro atoms. The molecule has 130 valence electrons. The highest BCUT2D eigenvalue weighted by Gasteiger charge is 2.26. The minimum absolute atomic E-state index is 0.157. The van der Waals surface area contributed by atoms with E-state index in [1.807, 2.05) is 41.3 Å². The zero-order valence-electron chi connectivity index (χ0n) is 14.4. The summed E-state index contributed by atoms with van der Waals surface area (Å²) in [5.41, 5.74) is 3.12. The molecule has 0 fully saturated rings. The molecule has 1 aromatic heterocycles. The number of anilines is 1. The summed E-state index contributed by atoms with van der Waals surface area (Å²) in [7, 11) is 0. The predicted octanol–water partition coefficient (Wildman–Crippen LogP) is 2.81. The van der Waals surface area contributed by atoms with Gasteiger partial charge in [-0.15, -0.1) is 0 Å². The van der Waals surface area contributed by atoms with Crippen molar-refractivity contribution in [3.63, 3.8) is 0 Å². The number of carboxylic acid groups (broad SMARTS) is 1. The van der Waals surface area contributed by atoms with E-state index in [0.717, 1.165) is 33.4 Å². The smallest absolute Gasteiger partial charge is 0.212 e. The highest BCUT2D eigenvalue weighted by atomic mass is 32.2. The fraction of sp³-hybridized carbons (Fsp3) is 0.143. The number of hydrogen-bond donors (Lipinski definition) is 0. The van der Waals surface area contributed by atoms with E-state index < -0.39 is 5.97 Å². The van der Waals surface area contributed by atoms with Crippen LogP contribution in [0.15, 0.2) is 70.6 Å². The van der Waals surface area contributed by atoms with Crippen molar-refractivity contribution in [1.29, 1.82) is 0 Å². The number of carbonyl (C=O) groups excluding carboxylic acids is 1. The fourth-order valence-corrected chi connectivity index (χ4v) is 4.44. The lowest BCUT2D eigenvalue weighted by molar-refractivity contribution is -0.669. The van der Waals surface area contributed by atoms with Crippen molar-refractivity contribution in [2.75, 3.05) is 11.4 Å². The van der Waals surface area contributed by atoms with Crippen LogP contribution < -0.4 is 14.6 Å². The predicted molar refractivity (Wildman–Crippen MR) is 102 cm³/mol. The molecule has 0 saturated carbocycles. The van der Waals surface area contributed by atoms with Gasteiger partial charge in [-0.2, -0.15) is 4.57 Å². The molecule has 1 aliphatic rings. The number of thioether (sulfide) groups is 1. The Morgan fingerprint density at radius 2 is 1.88 bits per heavy atom. The van der Waals surface area contributed by atoms with Gasteiger partial charge in [0.25, 0.3) is 0 Å². The molecule has 0 aliphatic carbocycles. The average molecular weight is 362 g/mol. The van der Waals surface area contributed by atoms with E-state index in [1.165, 1.54) is 5.39 Å². The van der Waals surface area contributed by atoms with Crippen LogP contribution in [0.1, 0.15) is 12.6 Å². The molecule has 0 N–H and O–H groups in total. The summed E-state index contributed by atoms with van der Waals surface area (Å²) in [4.78, 5) is 14.1. The second kappa shape index (κ2) is 6.84. The van der Waals surface area contributed by atoms with Gasteiger partial charge in [0.1, 0.15) is 6.54 Å². The van der Waals surface area contributed by atoms with E-state index >= 15 is 0 Å². The Kier molecular flexibility index (Phi) is 4.39. The van der Waals surface area contributed by atoms with E-state index in [-0.39, 0.29) is 6.54 Å². The molecule has 0 radical (unpaired) electrons.